The second-order valence-electron chi connectivity index (χ2n) is 5.40. The molecule has 6 heteroatoms. The molecule has 0 saturated heterocycles. The lowest BCUT2D eigenvalue weighted by Gasteiger charge is -2.15. The number of nitrogens with one attached hydrogen (secondary N) is 1. The number of hydrogen-bond acceptors (Lipinski definition) is 4. The third-order valence-corrected chi connectivity index (χ3v) is 4.50. The summed E-state index contributed by atoms with van der Waals surface area (Å²) in [4.78, 5) is 25.2. The molecule has 0 aliphatic heterocycles. The van der Waals surface area contributed by atoms with Crippen molar-refractivity contribution in [2.75, 3.05) is 6.54 Å². The summed E-state index contributed by atoms with van der Waals surface area (Å²) < 4.78 is 1.42. The number of carbonyl (C=O) groups is 1. The van der Waals surface area contributed by atoms with Crippen LogP contribution in [-0.2, 0) is 0 Å². The highest BCUT2D eigenvalue weighted by molar-refractivity contribution is 7.13. The number of carbonyl (C=O) groups excluding carboxylic acids is 1. The largest absolute Gasteiger partial charge is 0.350 e. The summed E-state index contributed by atoms with van der Waals surface area (Å²) in [5, 5.41) is 9.24. The molecule has 0 aliphatic carbocycles. The van der Waals surface area contributed by atoms with Crippen LogP contribution in [0.2, 0.25) is 0 Å². The highest BCUT2D eigenvalue weighted by atomic mass is 32.1. The second-order valence-corrected chi connectivity index (χ2v) is 6.35. The lowest BCUT2D eigenvalue weighted by molar-refractivity contribution is 0.0947. The molecule has 3 rings (SSSR count). The minimum atomic E-state index is -0.245. The first-order valence-electron chi connectivity index (χ1n) is 7.62. The van der Waals surface area contributed by atoms with E-state index in [4.69, 9.17) is 0 Å². The summed E-state index contributed by atoms with van der Waals surface area (Å²) in [6, 6.07) is 15.9. The quantitative estimate of drug-likeness (QED) is 0.777. The van der Waals surface area contributed by atoms with Crippen molar-refractivity contribution in [1.29, 1.82) is 0 Å². The first kappa shape index (κ1) is 16.1. The number of amides is 1. The molecular weight excluding hydrogens is 322 g/mol. The Morgan fingerprint density at radius 2 is 1.96 bits per heavy atom. The number of benzene rings is 1. The third kappa shape index (κ3) is 3.60. The molecule has 24 heavy (non-hydrogen) atoms. The van der Waals surface area contributed by atoms with Crippen LogP contribution in [0, 0.1) is 0 Å². The highest BCUT2D eigenvalue weighted by Crippen LogP contribution is 2.21. The van der Waals surface area contributed by atoms with Gasteiger partial charge in [-0.3, -0.25) is 9.59 Å². The molecule has 1 aromatic carbocycles. The SMILES string of the molecule is CC(CNC(=O)c1ccccc1)n1nc(-c2cccs2)ccc1=O. The van der Waals surface area contributed by atoms with E-state index in [0.29, 0.717) is 12.1 Å². The predicted octanol–water partition coefficient (Wildman–Crippen LogP) is 2.96. The fourth-order valence-electron chi connectivity index (χ4n) is 2.32. The molecule has 122 valence electrons. The van der Waals surface area contributed by atoms with E-state index in [1.54, 1.807) is 29.5 Å². The van der Waals surface area contributed by atoms with Crippen molar-refractivity contribution in [3.05, 3.63) is 75.9 Å². The Bertz CT molecular complexity index is 873. The van der Waals surface area contributed by atoms with Gasteiger partial charge in [0.05, 0.1) is 10.9 Å². The number of rotatable bonds is 5. The first-order valence-corrected chi connectivity index (χ1v) is 8.50. The molecule has 1 amide bonds. The van der Waals surface area contributed by atoms with Crippen molar-refractivity contribution in [3.8, 4) is 10.6 Å². The Kier molecular flexibility index (Phi) is 4.86. The van der Waals surface area contributed by atoms with Crippen LogP contribution in [0.1, 0.15) is 23.3 Å². The summed E-state index contributed by atoms with van der Waals surface area (Å²) in [5.74, 6) is -0.162. The molecule has 0 saturated carbocycles. The van der Waals surface area contributed by atoms with E-state index >= 15 is 0 Å². The van der Waals surface area contributed by atoms with Gasteiger partial charge in [-0.05, 0) is 36.6 Å². The minimum absolute atomic E-state index is 0.162. The average molecular weight is 339 g/mol. The van der Waals surface area contributed by atoms with Crippen LogP contribution in [0.4, 0.5) is 0 Å². The fourth-order valence-corrected chi connectivity index (χ4v) is 3.01. The first-order chi connectivity index (χ1) is 11.6. The van der Waals surface area contributed by atoms with Crippen LogP contribution in [0.5, 0.6) is 0 Å². The van der Waals surface area contributed by atoms with Crippen LogP contribution in [-0.4, -0.2) is 22.2 Å². The van der Waals surface area contributed by atoms with Crippen LogP contribution in [0.25, 0.3) is 10.6 Å². The Morgan fingerprint density at radius 3 is 2.67 bits per heavy atom. The molecular formula is C18H17N3O2S. The van der Waals surface area contributed by atoms with E-state index < -0.39 is 0 Å². The third-order valence-electron chi connectivity index (χ3n) is 3.61. The zero-order valence-electron chi connectivity index (χ0n) is 13.2. The minimum Gasteiger partial charge on any atom is -0.350 e. The van der Waals surface area contributed by atoms with Gasteiger partial charge in [0.25, 0.3) is 11.5 Å². The smallest absolute Gasteiger partial charge is 0.267 e. The zero-order valence-corrected chi connectivity index (χ0v) is 14.0. The van der Waals surface area contributed by atoms with Gasteiger partial charge >= 0.3 is 0 Å². The maximum atomic E-state index is 12.1. The Morgan fingerprint density at radius 1 is 1.17 bits per heavy atom. The van der Waals surface area contributed by atoms with Crippen LogP contribution < -0.4 is 10.9 Å². The normalized spacial score (nSPS) is 11.9. The maximum absolute atomic E-state index is 12.1. The van der Waals surface area contributed by atoms with E-state index in [2.05, 4.69) is 10.4 Å². The molecule has 0 radical (unpaired) electrons. The average Bonchev–Trinajstić information content (AvgIpc) is 3.15. The molecule has 0 spiro atoms. The monoisotopic (exact) mass is 339 g/mol. The Balaban J connectivity index is 1.73. The molecule has 1 N–H and O–H groups in total. The van der Waals surface area contributed by atoms with Gasteiger partial charge in [-0.15, -0.1) is 11.3 Å². The highest BCUT2D eigenvalue weighted by Gasteiger charge is 2.12. The summed E-state index contributed by atoms with van der Waals surface area (Å²) >= 11 is 1.57. The van der Waals surface area contributed by atoms with Crippen molar-refractivity contribution in [2.24, 2.45) is 0 Å². The van der Waals surface area contributed by atoms with Gasteiger partial charge in [0.15, 0.2) is 0 Å². The van der Waals surface area contributed by atoms with Crippen LogP contribution in [0.3, 0.4) is 0 Å². The molecule has 0 aliphatic rings. The molecule has 2 aromatic heterocycles. The van der Waals surface area contributed by atoms with E-state index in [1.807, 2.05) is 42.6 Å². The molecule has 1 atom stereocenters. The van der Waals surface area contributed by atoms with Crippen LogP contribution >= 0.6 is 11.3 Å². The van der Waals surface area contributed by atoms with E-state index in [0.717, 1.165) is 10.6 Å². The standard InChI is InChI=1S/C18H17N3O2S/c1-13(12-19-18(23)14-6-3-2-4-7-14)21-17(22)10-9-15(20-21)16-8-5-11-24-16/h2-11,13H,12H2,1H3,(H,19,23). The van der Waals surface area contributed by atoms with Crippen molar-refractivity contribution < 1.29 is 4.79 Å². The fraction of sp³-hybridized carbons (Fsp3) is 0.167. The van der Waals surface area contributed by atoms with Crippen molar-refractivity contribution in [3.63, 3.8) is 0 Å². The summed E-state index contributed by atoms with van der Waals surface area (Å²) in [6.07, 6.45) is 0. The predicted molar refractivity (Wildman–Crippen MR) is 95.3 cm³/mol. The molecule has 0 bridgehead atoms. The lowest BCUT2D eigenvalue weighted by atomic mass is 10.2. The number of hydrogen-bond donors (Lipinski definition) is 1. The van der Waals surface area contributed by atoms with Gasteiger partial charge in [-0.1, -0.05) is 24.3 Å². The van der Waals surface area contributed by atoms with Crippen molar-refractivity contribution >= 4 is 17.2 Å². The summed E-state index contributed by atoms with van der Waals surface area (Å²) in [5.41, 5.74) is 1.17. The number of thiophene rings is 1. The van der Waals surface area contributed by atoms with Crippen molar-refractivity contribution in [2.45, 2.75) is 13.0 Å². The van der Waals surface area contributed by atoms with Crippen molar-refractivity contribution in [1.82, 2.24) is 15.1 Å². The Hall–Kier alpha value is -2.73. The zero-order chi connectivity index (χ0) is 16.9. The van der Waals surface area contributed by atoms with E-state index in [1.165, 1.54) is 10.7 Å². The number of aromatic nitrogens is 2. The maximum Gasteiger partial charge on any atom is 0.267 e. The van der Waals surface area contributed by atoms with Gasteiger partial charge in [-0.25, -0.2) is 4.68 Å². The van der Waals surface area contributed by atoms with E-state index in [-0.39, 0.29) is 17.5 Å². The van der Waals surface area contributed by atoms with E-state index in [9.17, 15) is 9.59 Å². The molecule has 2 heterocycles. The topological polar surface area (TPSA) is 64.0 Å². The lowest BCUT2D eigenvalue weighted by Crippen LogP contribution is -2.34. The van der Waals surface area contributed by atoms with Gasteiger partial charge in [0.1, 0.15) is 5.69 Å². The molecule has 5 nitrogen and oxygen atoms in total. The van der Waals surface area contributed by atoms with Gasteiger partial charge in [0, 0.05) is 18.2 Å². The number of nitrogens with zero attached hydrogens (tertiary/aromatic N) is 2. The molecule has 1 unspecified atom stereocenters. The second kappa shape index (κ2) is 7.23. The summed E-state index contributed by atoms with van der Waals surface area (Å²) in [6.45, 7) is 2.19. The van der Waals surface area contributed by atoms with Crippen LogP contribution in [0.15, 0.2) is 64.8 Å². The van der Waals surface area contributed by atoms with Gasteiger partial charge in [-0.2, -0.15) is 5.10 Å². The van der Waals surface area contributed by atoms with Gasteiger partial charge in [0.2, 0.25) is 0 Å². The molecule has 3 aromatic rings. The molecule has 0 fully saturated rings. The Labute approximate surface area is 143 Å². The van der Waals surface area contributed by atoms with Gasteiger partial charge < -0.3 is 5.32 Å². The summed E-state index contributed by atoms with van der Waals surface area (Å²) in [7, 11) is 0.